The Labute approximate surface area is 70.6 Å². The molecule has 0 amide bonds. The molecule has 0 aromatic carbocycles. The minimum absolute atomic E-state index is 0.535. The minimum atomic E-state index is -0.535. The lowest BCUT2D eigenvalue weighted by Gasteiger charge is -2.08. The third-order valence-corrected chi connectivity index (χ3v) is 1.62. The normalized spacial score (nSPS) is 13.4. The topological polar surface area (TPSA) is 38.0 Å². The molecule has 0 fully saturated rings. The second-order valence-corrected chi connectivity index (χ2v) is 2.84. The van der Waals surface area contributed by atoms with E-state index < -0.39 is 6.23 Å². The molecule has 1 heterocycles. The van der Waals surface area contributed by atoms with E-state index in [0.29, 0.717) is 11.4 Å². The minimum Gasteiger partial charge on any atom is -0.372 e. The molecule has 0 aliphatic rings. The lowest BCUT2D eigenvalue weighted by molar-refractivity contribution is 0.0808. The summed E-state index contributed by atoms with van der Waals surface area (Å²) in [6.07, 6.45) is 4.23. The Morgan fingerprint density at radius 3 is 3.00 bits per heavy atom. The van der Waals surface area contributed by atoms with Gasteiger partial charge in [0.15, 0.2) is 0 Å². The summed E-state index contributed by atoms with van der Waals surface area (Å²) >= 11 is 5.61. The summed E-state index contributed by atoms with van der Waals surface area (Å²) in [5, 5.41) is 13.8. The molecule has 1 rings (SSSR count). The molecule has 0 aliphatic carbocycles. The van der Waals surface area contributed by atoms with E-state index in [0.717, 1.165) is 6.42 Å². The molecule has 1 unspecified atom stereocenters. The van der Waals surface area contributed by atoms with E-state index in [1.165, 1.54) is 10.9 Å². The van der Waals surface area contributed by atoms with Crippen LogP contribution in [-0.2, 0) is 0 Å². The molecule has 11 heavy (non-hydrogen) atoms. The van der Waals surface area contributed by atoms with Gasteiger partial charge in [-0.1, -0.05) is 24.9 Å². The van der Waals surface area contributed by atoms with Gasteiger partial charge >= 0.3 is 0 Å². The predicted molar refractivity (Wildman–Crippen MR) is 43.4 cm³/mol. The Kier molecular flexibility index (Phi) is 2.91. The Bertz CT molecular complexity index is 224. The van der Waals surface area contributed by atoms with Crippen molar-refractivity contribution in [1.82, 2.24) is 9.78 Å². The molecule has 4 heteroatoms. The zero-order valence-corrected chi connectivity index (χ0v) is 7.12. The van der Waals surface area contributed by atoms with Crippen LogP contribution >= 0.6 is 11.6 Å². The molecule has 1 N–H and O–H groups in total. The first kappa shape index (κ1) is 8.56. The van der Waals surface area contributed by atoms with Crippen LogP contribution in [0.2, 0.25) is 5.02 Å². The zero-order valence-electron chi connectivity index (χ0n) is 6.37. The number of aromatic nitrogens is 2. The fourth-order valence-corrected chi connectivity index (χ4v) is 1.01. The SMILES string of the molecule is CCCC(O)n1cc(Cl)cn1. The highest BCUT2D eigenvalue weighted by Gasteiger charge is 2.05. The van der Waals surface area contributed by atoms with Gasteiger partial charge in [0.1, 0.15) is 6.23 Å². The van der Waals surface area contributed by atoms with Crippen molar-refractivity contribution in [3.05, 3.63) is 17.4 Å². The monoisotopic (exact) mass is 174 g/mol. The largest absolute Gasteiger partial charge is 0.372 e. The van der Waals surface area contributed by atoms with Crippen molar-refractivity contribution in [3.63, 3.8) is 0 Å². The molecule has 0 saturated carbocycles. The summed E-state index contributed by atoms with van der Waals surface area (Å²) in [5.74, 6) is 0. The van der Waals surface area contributed by atoms with Crippen LogP contribution in [0.3, 0.4) is 0 Å². The van der Waals surface area contributed by atoms with Gasteiger partial charge < -0.3 is 5.11 Å². The number of nitrogens with zero attached hydrogens (tertiary/aromatic N) is 2. The lowest BCUT2D eigenvalue weighted by Crippen LogP contribution is -2.07. The highest BCUT2D eigenvalue weighted by atomic mass is 35.5. The molecule has 1 aromatic heterocycles. The number of rotatable bonds is 3. The number of hydrogen-bond acceptors (Lipinski definition) is 2. The molecule has 62 valence electrons. The van der Waals surface area contributed by atoms with Crippen molar-refractivity contribution in [2.75, 3.05) is 0 Å². The second-order valence-electron chi connectivity index (χ2n) is 2.41. The van der Waals surface area contributed by atoms with Crippen LogP contribution in [0.25, 0.3) is 0 Å². The van der Waals surface area contributed by atoms with Gasteiger partial charge in [-0.05, 0) is 6.42 Å². The summed E-state index contributed by atoms with van der Waals surface area (Å²) in [6.45, 7) is 2.01. The fourth-order valence-electron chi connectivity index (χ4n) is 0.868. The van der Waals surface area contributed by atoms with Crippen LogP contribution in [0.4, 0.5) is 0 Å². The Morgan fingerprint density at radius 2 is 2.55 bits per heavy atom. The fraction of sp³-hybridized carbons (Fsp3) is 0.571. The summed E-state index contributed by atoms with van der Waals surface area (Å²) in [6, 6.07) is 0. The molecule has 1 aromatic rings. The molecule has 0 saturated heterocycles. The van der Waals surface area contributed by atoms with Crippen LogP contribution in [0, 0.1) is 0 Å². The van der Waals surface area contributed by atoms with E-state index in [2.05, 4.69) is 5.10 Å². The van der Waals surface area contributed by atoms with E-state index in [1.807, 2.05) is 6.92 Å². The van der Waals surface area contributed by atoms with Crippen LogP contribution < -0.4 is 0 Å². The highest BCUT2D eigenvalue weighted by molar-refractivity contribution is 6.30. The maximum atomic E-state index is 9.38. The second kappa shape index (κ2) is 3.74. The Balaban J connectivity index is 2.60. The quantitative estimate of drug-likeness (QED) is 0.759. The maximum absolute atomic E-state index is 9.38. The summed E-state index contributed by atoms with van der Waals surface area (Å²) in [5.41, 5.74) is 0. The van der Waals surface area contributed by atoms with Gasteiger partial charge in [-0.2, -0.15) is 5.10 Å². The molecular formula is C7H11ClN2O. The van der Waals surface area contributed by atoms with Crippen molar-refractivity contribution in [1.29, 1.82) is 0 Å². The summed E-state index contributed by atoms with van der Waals surface area (Å²) in [7, 11) is 0. The molecule has 1 atom stereocenters. The first-order chi connectivity index (χ1) is 5.24. The van der Waals surface area contributed by atoms with Crippen molar-refractivity contribution >= 4 is 11.6 Å². The average Bonchev–Trinajstić information content (AvgIpc) is 2.36. The van der Waals surface area contributed by atoms with Crippen LogP contribution in [-0.4, -0.2) is 14.9 Å². The third-order valence-electron chi connectivity index (χ3n) is 1.42. The van der Waals surface area contributed by atoms with E-state index in [1.54, 1.807) is 6.20 Å². The first-order valence-electron chi connectivity index (χ1n) is 3.61. The van der Waals surface area contributed by atoms with E-state index >= 15 is 0 Å². The van der Waals surface area contributed by atoms with Gasteiger partial charge in [-0.15, -0.1) is 0 Å². The Morgan fingerprint density at radius 1 is 1.82 bits per heavy atom. The van der Waals surface area contributed by atoms with Crippen LogP contribution in [0.1, 0.15) is 26.0 Å². The van der Waals surface area contributed by atoms with Crippen molar-refractivity contribution in [3.8, 4) is 0 Å². The number of halogens is 1. The maximum Gasteiger partial charge on any atom is 0.147 e. The molecule has 0 bridgehead atoms. The highest BCUT2D eigenvalue weighted by Crippen LogP contribution is 2.12. The van der Waals surface area contributed by atoms with Crippen molar-refractivity contribution < 1.29 is 5.11 Å². The van der Waals surface area contributed by atoms with Crippen molar-refractivity contribution in [2.45, 2.75) is 26.0 Å². The molecule has 3 nitrogen and oxygen atoms in total. The molecule has 0 spiro atoms. The van der Waals surface area contributed by atoms with Gasteiger partial charge in [-0.3, -0.25) is 0 Å². The lowest BCUT2D eigenvalue weighted by atomic mass is 10.3. The van der Waals surface area contributed by atoms with Gasteiger partial charge in [0.05, 0.1) is 11.2 Å². The number of aliphatic hydroxyl groups excluding tert-OH is 1. The summed E-state index contributed by atoms with van der Waals surface area (Å²) in [4.78, 5) is 0. The van der Waals surface area contributed by atoms with Crippen LogP contribution in [0.15, 0.2) is 12.4 Å². The average molecular weight is 175 g/mol. The van der Waals surface area contributed by atoms with Gasteiger partial charge in [0.2, 0.25) is 0 Å². The third kappa shape index (κ3) is 2.20. The predicted octanol–water partition coefficient (Wildman–Crippen LogP) is 1.83. The van der Waals surface area contributed by atoms with Gasteiger partial charge in [-0.25, -0.2) is 4.68 Å². The van der Waals surface area contributed by atoms with E-state index in [9.17, 15) is 5.11 Å². The number of aliphatic hydroxyl groups is 1. The van der Waals surface area contributed by atoms with Gasteiger partial charge in [0, 0.05) is 6.20 Å². The molecule has 0 aliphatic heterocycles. The summed E-state index contributed by atoms with van der Waals surface area (Å²) < 4.78 is 1.46. The smallest absolute Gasteiger partial charge is 0.147 e. The van der Waals surface area contributed by atoms with Crippen LogP contribution in [0.5, 0.6) is 0 Å². The van der Waals surface area contributed by atoms with E-state index in [4.69, 9.17) is 11.6 Å². The standard InChI is InChI=1S/C7H11ClN2O/c1-2-3-7(11)10-5-6(8)4-9-10/h4-5,7,11H,2-3H2,1H3. The zero-order chi connectivity index (χ0) is 8.27. The van der Waals surface area contributed by atoms with Crippen molar-refractivity contribution in [2.24, 2.45) is 0 Å². The van der Waals surface area contributed by atoms with E-state index in [-0.39, 0.29) is 0 Å². The molecule has 0 radical (unpaired) electrons. The van der Waals surface area contributed by atoms with Gasteiger partial charge in [0.25, 0.3) is 0 Å². The Hall–Kier alpha value is -0.540. The number of hydrogen-bond donors (Lipinski definition) is 1. The first-order valence-corrected chi connectivity index (χ1v) is 3.99. The molecular weight excluding hydrogens is 164 g/mol.